The maximum absolute atomic E-state index is 13.0. The minimum atomic E-state index is -1.48. The highest BCUT2D eigenvalue weighted by atomic mass is 35.5. The highest BCUT2D eigenvalue weighted by molar-refractivity contribution is 6.31. The van der Waals surface area contributed by atoms with Crippen molar-refractivity contribution in [2.45, 2.75) is 31.5 Å². The summed E-state index contributed by atoms with van der Waals surface area (Å²) in [5.41, 5.74) is 0.478. The standard InChI is InChI=1S/C28H21Cl3O9/c1-15(32)37-28-24(40-27(35)18-6-12-21(31)13-7-18)23(39-26(34)17-4-10-20(30)11-5-17)22(38-28)14-36-25(33)16-2-8-19(29)9-3-16/h2-13,22-24,28H,14H2,1H3/t22-,23-,24-,28-/m1/s1. The third-order valence-corrected chi connectivity index (χ3v) is 6.41. The highest BCUT2D eigenvalue weighted by Gasteiger charge is 2.52. The summed E-state index contributed by atoms with van der Waals surface area (Å²) < 4.78 is 27.7. The maximum Gasteiger partial charge on any atom is 0.338 e. The van der Waals surface area contributed by atoms with Crippen LogP contribution in [0.4, 0.5) is 0 Å². The molecule has 0 N–H and O–H groups in total. The normalized spacial score (nSPS) is 19.9. The molecule has 0 bridgehead atoms. The summed E-state index contributed by atoms with van der Waals surface area (Å²) in [7, 11) is 0. The van der Waals surface area contributed by atoms with Crippen molar-refractivity contribution in [1.82, 2.24) is 0 Å². The van der Waals surface area contributed by atoms with Crippen LogP contribution in [0, 0.1) is 0 Å². The van der Waals surface area contributed by atoms with Crippen LogP contribution in [0.25, 0.3) is 0 Å². The van der Waals surface area contributed by atoms with Crippen molar-refractivity contribution in [2.24, 2.45) is 0 Å². The molecule has 40 heavy (non-hydrogen) atoms. The predicted molar refractivity (Wildman–Crippen MR) is 143 cm³/mol. The van der Waals surface area contributed by atoms with Crippen LogP contribution in [0.15, 0.2) is 72.8 Å². The molecular weight excluding hydrogens is 587 g/mol. The molecule has 0 aromatic heterocycles. The first-order valence-electron chi connectivity index (χ1n) is 11.8. The Morgan fingerprint density at radius 1 is 0.625 bits per heavy atom. The zero-order valence-electron chi connectivity index (χ0n) is 20.8. The van der Waals surface area contributed by atoms with Gasteiger partial charge < -0.3 is 23.7 Å². The Labute approximate surface area is 243 Å². The van der Waals surface area contributed by atoms with Crippen LogP contribution in [-0.4, -0.2) is 55.1 Å². The lowest BCUT2D eigenvalue weighted by Crippen LogP contribution is -2.42. The molecule has 0 radical (unpaired) electrons. The van der Waals surface area contributed by atoms with E-state index in [4.69, 9.17) is 58.5 Å². The molecule has 1 aliphatic rings. The lowest BCUT2D eigenvalue weighted by molar-refractivity contribution is -0.187. The van der Waals surface area contributed by atoms with Crippen molar-refractivity contribution in [1.29, 1.82) is 0 Å². The largest absolute Gasteiger partial charge is 0.459 e. The monoisotopic (exact) mass is 606 g/mol. The summed E-state index contributed by atoms with van der Waals surface area (Å²) in [6, 6.07) is 17.7. The van der Waals surface area contributed by atoms with E-state index in [0.29, 0.717) is 15.1 Å². The number of hydrogen-bond donors (Lipinski definition) is 0. The fourth-order valence-corrected chi connectivity index (χ4v) is 4.11. The van der Waals surface area contributed by atoms with Gasteiger partial charge in [0, 0.05) is 22.0 Å². The van der Waals surface area contributed by atoms with Crippen LogP contribution in [-0.2, 0) is 28.5 Å². The van der Waals surface area contributed by atoms with Gasteiger partial charge in [-0.15, -0.1) is 0 Å². The highest BCUT2D eigenvalue weighted by Crippen LogP contribution is 2.30. The fourth-order valence-electron chi connectivity index (χ4n) is 3.73. The summed E-state index contributed by atoms with van der Waals surface area (Å²) in [4.78, 5) is 50.4. The Morgan fingerprint density at radius 2 is 1.02 bits per heavy atom. The number of esters is 4. The van der Waals surface area contributed by atoms with Gasteiger partial charge in [0.25, 0.3) is 0 Å². The van der Waals surface area contributed by atoms with E-state index in [2.05, 4.69) is 0 Å². The van der Waals surface area contributed by atoms with Gasteiger partial charge in [-0.25, -0.2) is 14.4 Å². The Bertz CT molecular complexity index is 1380. The van der Waals surface area contributed by atoms with Gasteiger partial charge in [0.05, 0.1) is 16.7 Å². The van der Waals surface area contributed by atoms with Crippen molar-refractivity contribution < 1.29 is 42.9 Å². The zero-order chi connectivity index (χ0) is 28.8. The van der Waals surface area contributed by atoms with Gasteiger partial charge in [-0.2, -0.15) is 0 Å². The average molecular weight is 608 g/mol. The molecule has 208 valence electrons. The summed E-state index contributed by atoms with van der Waals surface area (Å²) >= 11 is 17.7. The molecule has 3 aromatic carbocycles. The Morgan fingerprint density at radius 3 is 1.45 bits per heavy atom. The molecule has 0 spiro atoms. The number of hydrogen-bond acceptors (Lipinski definition) is 9. The second kappa shape index (κ2) is 13.1. The van der Waals surface area contributed by atoms with Gasteiger partial charge in [-0.05, 0) is 72.8 Å². The Kier molecular flexibility index (Phi) is 9.65. The van der Waals surface area contributed by atoms with E-state index in [-0.39, 0.29) is 16.7 Å². The molecule has 1 heterocycles. The molecule has 3 aromatic rings. The van der Waals surface area contributed by atoms with Crippen molar-refractivity contribution in [3.05, 3.63) is 105 Å². The molecule has 1 saturated heterocycles. The first kappa shape index (κ1) is 29.4. The number of carbonyl (C=O) groups is 4. The molecule has 12 heteroatoms. The van der Waals surface area contributed by atoms with Gasteiger partial charge in [0.2, 0.25) is 12.4 Å². The van der Waals surface area contributed by atoms with Gasteiger partial charge in [-0.3, -0.25) is 4.79 Å². The average Bonchev–Trinajstić information content (AvgIpc) is 3.22. The topological polar surface area (TPSA) is 114 Å². The minimum absolute atomic E-state index is 0.131. The van der Waals surface area contributed by atoms with Crippen molar-refractivity contribution in [2.75, 3.05) is 6.61 Å². The van der Waals surface area contributed by atoms with Crippen molar-refractivity contribution in [3.8, 4) is 0 Å². The van der Waals surface area contributed by atoms with Gasteiger partial charge in [-0.1, -0.05) is 34.8 Å². The van der Waals surface area contributed by atoms with Crippen molar-refractivity contribution >= 4 is 58.7 Å². The summed E-state index contributed by atoms with van der Waals surface area (Å²) in [5.74, 6) is -3.10. The van der Waals surface area contributed by atoms with Crippen LogP contribution in [0.1, 0.15) is 38.0 Å². The lowest BCUT2D eigenvalue weighted by atomic mass is 10.1. The molecule has 9 nitrogen and oxygen atoms in total. The molecule has 4 atom stereocenters. The molecule has 1 aliphatic heterocycles. The van der Waals surface area contributed by atoms with Crippen LogP contribution < -0.4 is 0 Å². The lowest BCUT2D eigenvalue weighted by Gasteiger charge is -2.24. The SMILES string of the molecule is CC(=O)O[C@@H]1O[C@H](COC(=O)c2ccc(Cl)cc2)[C@@H](OC(=O)c2ccc(Cl)cc2)[C@H]1OC(=O)c1ccc(Cl)cc1. The molecule has 0 aliphatic carbocycles. The van der Waals surface area contributed by atoms with Gasteiger partial charge >= 0.3 is 23.9 Å². The van der Waals surface area contributed by atoms with E-state index in [1.54, 1.807) is 0 Å². The molecule has 0 unspecified atom stereocenters. The number of benzene rings is 3. The third-order valence-electron chi connectivity index (χ3n) is 5.65. The Balaban J connectivity index is 1.59. The fraction of sp³-hybridized carbons (Fsp3) is 0.214. The molecule has 0 amide bonds. The van der Waals surface area contributed by atoms with Crippen LogP contribution in [0.5, 0.6) is 0 Å². The second-order valence-electron chi connectivity index (χ2n) is 8.51. The molecular formula is C28H21Cl3O9. The number of carbonyl (C=O) groups excluding carboxylic acids is 4. The predicted octanol–water partition coefficient (Wildman–Crippen LogP) is 5.54. The Hall–Kier alpha value is -3.63. The minimum Gasteiger partial charge on any atom is -0.459 e. The van der Waals surface area contributed by atoms with Gasteiger partial charge in [0.15, 0.2) is 6.10 Å². The number of halogens is 3. The van der Waals surface area contributed by atoms with Crippen LogP contribution in [0.2, 0.25) is 15.1 Å². The van der Waals surface area contributed by atoms with E-state index in [9.17, 15) is 19.2 Å². The quantitative estimate of drug-likeness (QED) is 0.240. The van der Waals surface area contributed by atoms with Crippen molar-refractivity contribution in [3.63, 3.8) is 0 Å². The second-order valence-corrected chi connectivity index (χ2v) is 9.82. The summed E-state index contributed by atoms with van der Waals surface area (Å²) in [6.45, 7) is 0.691. The summed E-state index contributed by atoms with van der Waals surface area (Å²) in [6.07, 6.45) is -5.42. The van der Waals surface area contributed by atoms with Gasteiger partial charge in [0.1, 0.15) is 12.7 Å². The summed E-state index contributed by atoms with van der Waals surface area (Å²) in [5, 5.41) is 1.23. The molecule has 0 saturated carbocycles. The zero-order valence-corrected chi connectivity index (χ0v) is 23.0. The third kappa shape index (κ3) is 7.51. The molecule has 1 fully saturated rings. The van der Waals surface area contributed by atoms with E-state index < -0.39 is 55.1 Å². The van der Waals surface area contributed by atoms with E-state index in [1.807, 2.05) is 0 Å². The van der Waals surface area contributed by atoms with E-state index in [1.165, 1.54) is 72.8 Å². The number of ether oxygens (including phenoxy) is 5. The smallest absolute Gasteiger partial charge is 0.338 e. The maximum atomic E-state index is 13.0. The first-order valence-corrected chi connectivity index (χ1v) is 12.9. The molecule has 4 rings (SSSR count). The van der Waals surface area contributed by atoms with E-state index in [0.717, 1.165) is 6.92 Å². The first-order chi connectivity index (χ1) is 19.1. The van der Waals surface area contributed by atoms with Crippen LogP contribution in [0.3, 0.4) is 0 Å². The van der Waals surface area contributed by atoms with Crippen LogP contribution >= 0.6 is 34.8 Å². The number of rotatable bonds is 8. The van der Waals surface area contributed by atoms with E-state index >= 15 is 0 Å².